The molecule has 0 bridgehead atoms. The lowest BCUT2D eigenvalue weighted by atomic mass is 9.62. The van der Waals surface area contributed by atoms with Gasteiger partial charge in [-0.25, -0.2) is 0 Å². The molecule has 88 valence electrons. The van der Waals surface area contributed by atoms with Crippen molar-refractivity contribution in [1.29, 1.82) is 0 Å². The van der Waals surface area contributed by atoms with E-state index in [1.807, 2.05) is 0 Å². The van der Waals surface area contributed by atoms with Crippen LogP contribution >= 0.6 is 0 Å². The van der Waals surface area contributed by atoms with E-state index >= 15 is 0 Å². The van der Waals surface area contributed by atoms with Crippen molar-refractivity contribution in [2.75, 3.05) is 6.61 Å². The van der Waals surface area contributed by atoms with Gasteiger partial charge in [-0.2, -0.15) is 0 Å². The maximum absolute atomic E-state index is 6.06. The molecule has 2 nitrogen and oxygen atoms in total. The van der Waals surface area contributed by atoms with Gasteiger partial charge in [0.05, 0.1) is 6.10 Å². The normalized spacial score (nSPS) is 41.8. The lowest BCUT2D eigenvalue weighted by Gasteiger charge is -2.52. The molecule has 3 unspecified atom stereocenters. The summed E-state index contributed by atoms with van der Waals surface area (Å²) in [5, 5.41) is 0. The lowest BCUT2D eigenvalue weighted by Crippen LogP contribution is -2.60. The first-order chi connectivity index (χ1) is 7.16. The Kier molecular flexibility index (Phi) is 3.36. The number of nitrogens with two attached hydrogens (primary N) is 1. The number of hydrogen-bond acceptors (Lipinski definition) is 2. The largest absolute Gasteiger partial charge is 0.377 e. The van der Waals surface area contributed by atoms with Crippen LogP contribution in [0.3, 0.4) is 0 Å². The van der Waals surface area contributed by atoms with E-state index in [1.54, 1.807) is 0 Å². The van der Waals surface area contributed by atoms with Gasteiger partial charge in [0.2, 0.25) is 0 Å². The van der Waals surface area contributed by atoms with Crippen LogP contribution in [0.2, 0.25) is 0 Å². The highest BCUT2D eigenvalue weighted by Gasteiger charge is 2.49. The van der Waals surface area contributed by atoms with Crippen molar-refractivity contribution < 1.29 is 4.74 Å². The van der Waals surface area contributed by atoms with Gasteiger partial charge in [0.15, 0.2) is 0 Å². The first-order valence-electron chi connectivity index (χ1n) is 6.54. The Balaban J connectivity index is 1.75. The molecule has 2 rings (SSSR count). The number of ether oxygens (including phenoxy) is 1. The van der Waals surface area contributed by atoms with Crippen LogP contribution in [-0.4, -0.2) is 18.8 Å². The standard InChI is InChI=1S/C13H25NO/c1-3-13(2)11(14)8-12(13)15-9-10-6-4-5-7-10/h10-12H,3-9,14H2,1-2H3. The molecule has 0 aliphatic heterocycles. The summed E-state index contributed by atoms with van der Waals surface area (Å²) in [6.45, 7) is 5.48. The molecule has 2 heteroatoms. The quantitative estimate of drug-likeness (QED) is 0.776. The molecular formula is C13H25NO. The van der Waals surface area contributed by atoms with E-state index < -0.39 is 0 Å². The first-order valence-corrected chi connectivity index (χ1v) is 6.54. The molecule has 0 amide bonds. The van der Waals surface area contributed by atoms with Crippen molar-refractivity contribution in [2.24, 2.45) is 17.1 Å². The summed E-state index contributed by atoms with van der Waals surface area (Å²) in [5.74, 6) is 0.836. The van der Waals surface area contributed by atoms with Crippen LogP contribution in [0.5, 0.6) is 0 Å². The fraction of sp³-hybridized carbons (Fsp3) is 1.00. The van der Waals surface area contributed by atoms with Crippen molar-refractivity contribution in [1.82, 2.24) is 0 Å². The van der Waals surface area contributed by atoms with Gasteiger partial charge in [0.1, 0.15) is 0 Å². The fourth-order valence-electron chi connectivity index (χ4n) is 3.02. The monoisotopic (exact) mass is 211 g/mol. The van der Waals surface area contributed by atoms with Crippen LogP contribution in [0.1, 0.15) is 52.4 Å². The molecule has 2 saturated carbocycles. The minimum Gasteiger partial charge on any atom is -0.377 e. The van der Waals surface area contributed by atoms with Crippen LogP contribution in [0, 0.1) is 11.3 Å². The van der Waals surface area contributed by atoms with Gasteiger partial charge in [-0.05, 0) is 31.6 Å². The van der Waals surface area contributed by atoms with E-state index in [9.17, 15) is 0 Å². The predicted molar refractivity (Wildman–Crippen MR) is 62.7 cm³/mol. The van der Waals surface area contributed by atoms with Gasteiger partial charge < -0.3 is 10.5 Å². The van der Waals surface area contributed by atoms with Gasteiger partial charge >= 0.3 is 0 Å². The molecule has 0 radical (unpaired) electrons. The SMILES string of the molecule is CCC1(C)C(N)CC1OCC1CCCC1. The molecule has 2 aliphatic carbocycles. The Bertz CT molecular complexity index is 213. The van der Waals surface area contributed by atoms with Crippen molar-refractivity contribution >= 4 is 0 Å². The average Bonchev–Trinajstić information content (AvgIpc) is 2.75. The summed E-state index contributed by atoms with van der Waals surface area (Å²) in [5.41, 5.74) is 6.31. The van der Waals surface area contributed by atoms with Crippen molar-refractivity contribution in [3.05, 3.63) is 0 Å². The van der Waals surface area contributed by atoms with Gasteiger partial charge in [0, 0.05) is 18.1 Å². The fourth-order valence-corrected chi connectivity index (χ4v) is 3.02. The summed E-state index contributed by atoms with van der Waals surface area (Å²) in [6, 6.07) is 0.357. The zero-order valence-corrected chi connectivity index (χ0v) is 10.2. The Morgan fingerprint density at radius 3 is 2.53 bits per heavy atom. The second-order valence-electron chi connectivity index (χ2n) is 5.67. The van der Waals surface area contributed by atoms with E-state index in [-0.39, 0.29) is 5.41 Å². The number of hydrogen-bond donors (Lipinski definition) is 1. The predicted octanol–water partition coefficient (Wildman–Crippen LogP) is 2.71. The molecule has 15 heavy (non-hydrogen) atoms. The van der Waals surface area contributed by atoms with E-state index in [4.69, 9.17) is 10.5 Å². The zero-order chi connectivity index (χ0) is 10.9. The molecule has 3 atom stereocenters. The highest BCUT2D eigenvalue weighted by atomic mass is 16.5. The van der Waals surface area contributed by atoms with Crippen molar-refractivity contribution in [2.45, 2.75) is 64.5 Å². The summed E-state index contributed by atoms with van der Waals surface area (Å²) >= 11 is 0. The summed E-state index contributed by atoms with van der Waals surface area (Å²) in [4.78, 5) is 0. The van der Waals surface area contributed by atoms with Gasteiger partial charge in [-0.3, -0.25) is 0 Å². The smallest absolute Gasteiger partial charge is 0.0658 e. The van der Waals surface area contributed by atoms with Gasteiger partial charge in [0.25, 0.3) is 0 Å². The van der Waals surface area contributed by atoms with Crippen LogP contribution in [-0.2, 0) is 4.74 Å². The number of rotatable bonds is 4. The lowest BCUT2D eigenvalue weighted by molar-refractivity contribution is -0.126. The highest BCUT2D eigenvalue weighted by molar-refractivity contribution is 5.03. The van der Waals surface area contributed by atoms with E-state index in [0.29, 0.717) is 12.1 Å². The first kappa shape index (κ1) is 11.4. The third-order valence-corrected chi connectivity index (χ3v) is 4.82. The summed E-state index contributed by atoms with van der Waals surface area (Å²) in [6.07, 6.45) is 8.20. The Hall–Kier alpha value is -0.0800. The average molecular weight is 211 g/mol. The minimum absolute atomic E-state index is 0.249. The topological polar surface area (TPSA) is 35.2 Å². The molecule has 2 N–H and O–H groups in total. The third kappa shape index (κ3) is 2.07. The van der Waals surface area contributed by atoms with E-state index in [1.165, 1.54) is 25.7 Å². The highest BCUT2D eigenvalue weighted by Crippen LogP contribution is 2.45. The third-order valence-electron chi connectivity index (χ3n) is 4.82. The van der Waals surface area contributed by atoms with E-state index in [2.05, 4.69) is 13.8 Å². The van der Waals surface area contributed by atoms with Gasteiger partial charge in [-0.1, -0.05) is 26.7 Å². The second-order valence-corrected chi connectivity index (χ2v) is 5.67. The van der Waals surface area contributed by atoms with E-state index in [0.717, 1.165) is 25.4 Å². The molecule has 0 spiro atoms. The maximum Gasteiger partial charge on any atom is 0.0658 e. The molecule has 2 aliphatic rings. The van der Waals surface area contributed by atoms with Crippen LogP contribution in [0.15, 0.2) is 0 Å². The van der Waals surface area contributed by atoms with Crippen molar-refractivity contribution in [3.8, 4) is 0 Å². The summed E-state index contributed by atoms with van der Waals surface area (Å²) in [7, 11) is 0. The van der Waals surface area contributed by atoms with Crippen molar-refractivity contribution in [3.63, 3.8) is 0 Å². The molecule has 0 saturated heterocycles. The maximum atomic E-state index is 6.06. The molecule has 0 aromatic carbocycles. The van der Waals surface area contributed by atoms with Gasteiger partial charge in [-0.15, -0.1) is 0 Å². The minimum atomic E-state index is 0.249. The summed E-state index contributed by atoms with van der Waals surface area (Å²) < 4.78 is 6.06. The van der Waals surface area contributed by atoms with Crippen LogP contribution < -0.4 is 5.73 Å². The molecular weight excluding hydrogens is 186 g/mol. The molecule has 0 aromatic heterocycles. The zero-order valence-electron chi connectivity index (χ0n) is 10.2. The molecule has 0 aromatic rings. The Labute approximate surface area is 93.6 Å². The van der Waals surface area contributed by atoms with Crippen LogP contribution in [0.25, 0.3) is 0 Å². The Morgan fingerprint density at radius 1 is 1.33 bits per heavy atom. The van der Waals surface area contributed by atoms with Crippen LogP contribution in [0.4, 0.5) is 0 Å². The Morgan fingerprint density at radius 2 is 2.00 bits per heavy atom. The molecule has 2 fully saturated rings. The second kappa shape index (κ2) is 4.42. The molecule has 0 heterocycles.